The first kappa shape index (κ1) is 16.0. The highest BCUT2D eigenvalue weighted by Gasteiger charge is 2.58. The zero-order valence-electron chi connectivity index (χ0n) is 12.8. The molecule has 0 amide bonds. The Morgan fingerprint density at radius 2 is 1.76 bits per heavy atom. The lowest BCUT2D eigenvalue weighted by atomic mass is 9.64. The molecule has 1 aliphatic carbocycles. The van der Waals surface area contributed by atoms with Crippen LogP contribution in [0.2, 0.25) is 0 Å². The van der Waals surface area contributed by atoms with Gasteiger partial charge in [0.15, 0.2) is 0 Å². The maximum atomic E-state index is 11.6. The molecule has 0 saturated heterocycles. The molecule has 0 radical (unpaired) electrons. The van der Waals surface area contributed by atoms with Crippen molar-refractivity contribution in [3.8, 4) is 0 Å². The number of hydrogen-bond acceptors (Lipinski definition) is 3. The summed E-state index contributed by atoms with van der Waals surface area (Å²) in [6.45, 7) is 5.48. The summed E-state index contributed by atoms with van der Waals surface area (Å²) in [6.07, 6.45) is -0.852. The lowest BCUT2D eigenvalue weighted by molar-refractivity contribution is -0.156. The van der Waals surface area contributed by atoms with E-state index in [-0.39, 0.29) is 5.92 Å². The van der Waals surface area contributed by atoms with Crippen molar-refractivity contribution in [3.05, 3.63) is 35.9 Å². The Morgan fingerprint density at radius 3 is 2.24 bits per heavy atom. The maximum Gasteiger partial charge on any atom is 0.309 e. The van der Waals surface area contributed by atoms with Crippen molar-refractivity contribution >= 4 is 5.97 Å². The minimum atomic E-state index is -0.994. The number of aliphatic carboxylic acids is 1. The highest BCUT2D eigenvalue weighted by molar-refractivity contribution is 5.75. The fourth-order valence-corrected chi connectivity index (χ4v) is 3.58. The minimum absolute atomic E-state index is 0.256. The van der Waals surface area contributed by atoms with E-state index in [0.717, 1.165) is 0 Å². The molecule has 4 heteroatoms. The van der Waals surface area contributed by atoms with E-state index >= 15 is 0 Å². The molecule has 1 fully saturated rings. The lowest BCUT2D eigenvalue weighted by Crippen LogP contribution is -2.45. The van der Waals surface area contributed by atoms with Gasteiger partial charge in [0.1, 0.15) is 6.10 Å². The van der Waals surface area contributed by atoms with Crippen LogP contribution in [0.5, 0.6) is 0 Å². The molecular formula is C17H24O4. The smallest absolute Gasteiger partial charge is 0.309 e. The van der Waals surface area contributed by atoms with Crippen LogP contribution >= 0.6 is 0 Å². The molecule has 4 unspecified atom stereocenters. The monoisotopic (exact) mass is 292 g/mol. The summed E-state index contributed by atoms with van der Waals surface area (Å²) in [4.78, 5) is 11.6. The molecule has 2 rings (SSSR count). The number of hydrogen-bond donors (Lipinski definition) is 3. The highest BCUT2D eigenvalue weighted by Crippen LogP contribution is 2.58. The van der Waals surface area contributed by atoms with Crippen LogP contribution in [0.1, 0.15) is 45.3 Å². The van der Waals surface area contributed by atoms with Crippen molar-refractivity contribution in [2.24, 2.45) is 16.7 Å². The molecular weight excluding hydrogens is 268 g/mol. The molecule has 1 saturated carbocycles. The number of aliphatic hydroxyl groups excluding tert-OH is 2. The average molecular weight is 292 g/mol. The Hall–Kier alpha value is -1.39. The average Bonchev–Trinajstić information content (AvgIpc) is 2.70. The molecule has 4 nitrogen and oxygen atoms in total. The molecule has 1 aromatic rings. The van der Waals surface area contributed by atoms with Crippen molar-refractivity contribution in [2.45, 2.75) is 45.8 Å². The predicted octanol–water partition coefficient (Wildman–Crippen LogP) is 2.61. The number of carboxylic acids is 1. The molecule has 21 heavy (non-hydrogen) atoms. The largest absolute Gasteiger partial charge is 0.481 e. The van der Waals surface area contributed by atoms with Crippen LogP contribution in [0, 0.1) is 16.7 Å². The number of rotatable bonds is 4. The van der Waals surface area contributed by atoms with Crippen LogP contribution in [0.15, 0.2) is 30.3 Å². The number of carbonyl (C=O) groups is 1. The molecule has 0 heterocycles. The molecule has 0 aliphatic heterocycles. The molecule has 0 aromatic heterocycles. The van der Waals surface area contributed by atoms with Crippen LogP contribution in [0.3, 0.4) is 0 Å². The van der Waals surface area contributed by atoms with Gasteiger partial charge in [-0.2, -0.15) is 0 Å². The maximum absolute atomic E-state index is 11.6. The van der Waals surface area contributed by atoms with Gasteiger partial charge in [0.2, 0.25) is 0 Å². The third-order valence-electron chi connectivity index (χ3n) is 5.65. The van der Waals surface area contributed by atoms with Crippen molar-refractivity contribution in [1.29, 1.82) is 0 Å². The fraction of sp³-hybridized carbons (Fsp3) is 0.588. The van der Waals surface area contributed by atoms with Crippen LogP contribution in [-0.2, 0) is 4.79 Å². The fourth-order valence-electron chi connectivity index (χ4n) is 3.58. The minimum Gasteiger partial charge on any atom is -0.481 e. The Bertz CT molecular complexity index is 511. The third kappa shape index (κ3) is 2.47. The Morgan fingerprint density at radius 1 is 1.19 bits per heavy atom. The van der Waals surface area contributed by atoms with E-state index in [4.69, 9.17) is 0 Å². The van der Waals surface area contributed by atoms with Crippen LogP contribution in [0.4, 0.5) is 0 Å². The highest BCUT2D eigenvalue weighted by atomic mass is 16.4. The summed E-state index contributed by atoms with van der Waals surface area (Å²) in [5.74, 6) is -1.09. The summed E-state index contributed by atoms with van der Waals surface area (Å²) < 4.78 is 0. The molecule has 1 aliphatic rings. The van der Waals surface area contributed by atoms with E-state index in [9.17, 15) is 20.1 Å². The van der Waals surface area contributed by atoms with E-state index in [1.54, 1.807) is 19.1 Å². The van der Waals surface area contributed by atoms with Crippen LogP contribution in [-0.4, -0.2) is 27.4 Å². The summed E-state index contributed by atoms with van der Waals surface area (Å²) in [7, 11) is 0. The molecule has 4 atom stereocenters. The standard InChI is InChI=1S/C17H24O4/c1-16(2)12(9-10-17(16,3)15(20)21)14(19)13(18)11-7-5-4-6-8-11/h4-8,12-14,18-19H,9-10H2,1-3H3,(H,20,21). The predicted molar refractivity (Wildman–Crippen MR) is 79.7 cm³/mol. The van der Waals surface area contributed by atoms with Gasteiger partial charge in [0.25, 0.3) is 0 Å². The van der Waals surface area contributed by atoms with Gasteiger partial charge in [-0.1, -0.05) is 44.2 Å². The van der Waals surface area contributed by atoms with Gasteiger partial charge in [-0.3, -0.25) is 4.79 Å². The summed E-state index contributed by atoms with van der Waals surface area (Å²) in [5.41, 5.74) is -0.812. The first-order valence-corrected chi connectivity index (χ1v) is 7.36. The van der Waals surface area contributed by atoms with Gasteiger partial charge < -0.3 is 15.3 Å². The van der Waals surface area contributed by atoms with E-state index in [0.29, 0.717) is 18.4 Å². The van der Waals surface area contributed by atoms with Gasteiger partial charge in [-0.15, -0.1) is 0 Å². The zero-order chi connectivity index (χ0) is 15.8. The second-order valence-electron chi connectivity index (χ2n) is 6.85. The zero-order valence-corrected chi connectivity index (χ0v) is 12.8. The van der Waals surface area contributed by atoms with Gasteiger partial charge in [-0.05, 0) is 36.7 Å². The Kier molecular flexibility index (Phi) is 4.13. The van der Waals surface area contributed by atoms with Crippen LogP contribution in [0.25, 0.3) is 0 Å². The SMILES string of the molecule is CC1(C(=O)O)CCC(C(O)C(O)c2ccccc2)C1(C)C. The van der Waals surface area contributed by atoms with E-state index < -0.39 is 29.0 Å². The van der Waals surface area contributed by atoms with Crippen LogP contribution < -0.4 is 0 Å². The molecule has 0 spiro atoms. The third-order valence-corrected chi connectivity index (χ3v) is 5.65. The molecule has 0 bridgehead atoms. The summed E-state index contributed by atoms with van der Waals surface area (Å²) in [5, 5.41) is 30.5. The van der Waals surface area contributed by atoms with E-state index in [1.165, 1.54) is 0 Å². The second kappa shape index (κ2) is 5.43. The quantitative estimate of drug-likeness (QED) is 0.797. The topological polar surface area (TPSA) is 77.8 Å². The van der Waals surface area contributed by atoms with Crippen molar-refractivity contribution < 1.29 is 20.1 Å². The normalized spacial score (nSPS) is 30.8. The number of aliphatic hydroxyl groups is 2. The van der Waals surface area contributed by atoms with Crippen molar-refractivity contribution in [2.75, 3.05) is 0 Å². The summed E-state index contributed by atoms with van der Waals surface area (Å²) in [6, 6.07) is 9.01. The molecule has 1 aromatic carbocycles. The van der Waals surface area contributed by atoms with Gasteiger partial charge in [0, 0.05) is 0 Å². The number of benzene rings is 1. The van der Waals surface area contributed by atoms with E-state index in [2.05, 4.69) is 0 Å². The Balaban J connectivity index is 2.25. The first-order valence-electron chi connectivity index (χ1n) is 7.36. The Labute approximate surface area is 125 Å². The van der Waals surface area contributed by atoms with Gasteiger partial charge >= 0.3 is 5.97 Å². The number of carboxylic acid groups (broad SMARTS) is 1. The molecule has 116 valence electrons. The lowest BCUT2D eigenvalue weighted by Gasteiger charge is -2.41. The first-order chi connectivity index (χ1) is 9.72. The van der Waals surface area contributed by atoms with Gasteiger partial charge in [0.05, 0.1) is 11.5 Å². The van der Waals surface area contributed by atoms with E-state index in [1.807, 2.05) is 32.0 Å². The van der Waals surface area contributed by atoms with Crippen molar-refractivity contribution in [1.82, 2.24) is 0 Å². The second-order valence-corrected chi connectivity index (χ2v) is 6.85. The summed E-state index contributed by atoms with van der Waals surface area (Å²) >= 11 is 0. The van der Waals surface area contributed by atoms with Crippen molar-refractivity contribution in [3.63, 3.8) is 0 Å². The van der Waals surface area contributed by atoms with Gasteiger partial charge in [-0.25, -0.2) is 0 Å². The molecule has 3 N–H and O–H groups in total.